The number of carbonyl (C=O) groups excluding carboxylic acids is 1. The summed E-state index contributed by atoms with van der Waals surface area (Å²) in [5.41, 5.74) is 0.136. The summed E-state index contributed by atoms with van der Waals surface area (Å²) in [6.07, 6.45) is 5.80. The van der Waals surface area contributed by atoms with Crippen LogP contribution in [0.3, 0.4) is 0 Å². The zero-order chi connectivity index (χ0) is 22.9. The number of anilines is 1. The summed E-state index contributed by atoms with van der Waals surface area (Å²) >= 11 is 1.62. The van der Waals surface area contributed by atoms with Crippen molar-refractivity contribution < 1.29 is 19.8 Å². The Morgan fingerprint density at radius 2 is 1.88 bits per heavy atom. The molecule has 5 saturated carbocycles. The highest BCUT2D eigenvalue weighted by atomic mass is 32.2. The Kier molecular flexibility index (Phi) is 5.18. The molecule has 2 heterocycles. The second-order valence-corrected chi connectivity index (χ2v) is 12.2. The predicted molar refractivity (Wildman–Crippen MR) is 125 cm³/mol. The van der Waals surface area contributed by atoms with Crippen molar-refractivity contribution in [3.63, 3.8) is 0 Å². The molecule has 1 amide bonds. The molecule has 0 aromatic carbocycles. The third-order valence-corrected chi connectivity index (χ3v) is 10.1. The first kappa shape index (κ1) is 21.7. The number of aliphatic hydroxyl groups is 1. The number of thioether (sulfide) groups is 1. The number of piperidine rings is 1. The number of carbonyl (C=O) groups is 2. The number of fused-ring (bicyclic) bond motifs is 1. The Hall–Kier alpha value is -1.80. The van der Waals surface area contributed by atoms with Crippen LogP contribution < -0.4 is 10.2 Å². The molecule has 5 aliphatic carbocycles. The first-order valence-electron chi connectivity index (χ1n) is 12.5. The molecule has 178 valence electrons. The van der Waals surface area contributed by atoms with Gasteiger partial charge in [0.25, 0.3) is 5.91 Å². The zero-order valence-electron chi connectivity index (χ0n) is 19.1. The monoisotopic (exact) mass is 471 g/mol. The van der Waals surface area contributed by atoms with Crippen LogP contribution in [-0.2, 0) is 4.79 Å². The molecule has 1 aromatic heterocycles. The van der Waals surface area contributed by atoms with Gasteiger partial charge < -0.3 is 20.4 Å². The Morgan fingerprint density at radius 1 is 1.18 bits per heavy atom. The summed E-state index contributed by atoms with van der Waals surface area (Å²) in [5, 5.41) is 24.3. The van der Waals surface area contributed by atoms with Crippen LogP contribution in [0.5, 0.6) is 0 Å². The number of hydrogen-bond donors (Lipinski definition) is 3. The molecule has 1 saturated heterocycles. The van der Waals surface area contributed by atoms with Crippen molar-refractivity contribution in [1.82, 2.24) is 10.3 Å². The molecule has 5 atom stereocenters. The molecule has 1 aliphatic heterocycles. The molecule has 4 bridgehead atoms. The van der Waals surface area contributed by atoms with E-state index in [1.165, 1.54) is 0 Å². The van der Waals surface area contributed by atoms with Crippen molar-refractivity contribution in [2.45, 2.75) is 62.1 Å². The fourth-order valence-electron chi connectivity index (χ4n) is 7.61. The molecule has 6 aliphatic rings. The average Bonchev–Trinajstić information content (AvgIpc) is 3.28. The molecule has 6 fully saturated rings. The quantitative estimate of drug-likeness (QED) is 0.525. The van der Waals surface area contributed by atoms with Crippen LogP contribution in [-0.4, -0.2) is 57.6 Å². The molecule has 33 heavy (non-hydrogen) atoms. The summed E-state index contributed by atoms with van der Waals surface area (Å²) in [4.78, 5) is 31.7. The topological polar surface area (TPSA) is 103 Å². The van der Waals surface area contributed by atoms with Gasteiger partial charge in [0, 0.05) is 19.1 Å². The van der Waals surface area contributed by atoms with Crippen LogP contribution >= 0.6 is 11.8 Å². The Balaban J connectivity index is 1.18. The standard InChI is InChI=1S/C25H33N3O4S/c1-2-5-33-23-16(3-4-19(26-23)28-11-17-18(12-28)20(17)24(30)31)22(29)27-21-14-6-13-7-15(21)10-25(32,8-13)9-14/h3-4,13-15,17-18,20-21,32H,2,5-12H2,1H3,(H,27,29)(H,30,31)/t13?,14?,15?,17-,18+,20?,21-,25+. The first-order chi connectivity index (χ1) is 15.8. The predicted octanol–water partition coefficient (Wildman–Crippen LogP) is 3.02. The largest absolute Gasteiger partial charge is 0.481 e. The van der Waals surface area contributed by atoms with E-state index in [1.54, 1.807) is 11.8 Å². The maximum Gasteiger partial charge on any atom is 0.307 e. The van der Waals surface area contributed by atoms with Crippen molar-refractivity contribution in [1.29, 1.82) is 0 Å². The van der Waals surface area contributed by atoms with E-state index in [9.17, 15) is 19.8 Å². The van der Waals surface area contributed by atoms with Gasteiger partial charge in [-0.3, -0.25) is 9.59 Å². The van der Waals surface area contributed by atoms with E-state index in [-0.39, 0.29) is 29.7 Å². The highest BCUT2D eigenvalue weighted by molar-refractivity contribution is 7.99. The summed E-state index contributed by atoms with van der Waals surface area (Å²) in [6, 6.07) is 3.97. The fourth-order valence-corrected chi connectivity index (χ4v) is 8.49. The minimum Gasteiger partial charge on any atom is -0.481 e. The number of nitrogens with zero attached hydrogens (tertiary/aromatic N) is 2. The van der Waals surface area contributed by atoms with Crippen LogP contribution in [0.1, 0.15) is 55.8 Å². The van der Waals surface area contributed by atoms with E-state index in [1.807, 2.05) is 12.1 Å². The SMILES string of the molecule is CCCSc1nc(N2C[C@@H]3C(C(=O)O)[C@@H]3C2)ccc1C(=O)N[C@H]1C2CC3CC1C[C@@](O)(C3)C2. The van der Waals surface area contributed by atoms with Gasteiger partial charge in [-0.25, -0.2) is 4.98 Å². The maximum absolute atomic E-state index is 13.4. The Bertz CT molecular complexity index is 958. The Labute approximate surface area is 198 Å². The van der Waals surface area contributed by atoms with Crippen molar-refractivity contribution in [2.75, 3.05) is 23.7 Å². The number of aromatic nitrogens is 1. The molecule has 1 aromatic rings. The summed E-state index contributed by atoms with van der Waals surface area (Å²) in [5.74, 6) is 2.64. The van der Waals surface area contributed by atoms with Gasteiger partial charge in [0.05, 0.1) is 17.1 Å². The van der Waals surface area contributed by atoms with E-state index >= 15 is 0 Å². The van der Waals surface area contributed by atoms with E-state index in [0.717, 1.165) is 68.2 Å². The number of pyridine rings is 1. The van der Waals surface area contributed by atoms with Crippen LogP contribution in [0.2, 0.25) is 0 Å². The van der Waals surface area contributed by atoms with Gasteiger partial charge in [0.1, 0.15) is 10.8 Å². The van der Waals surface area contributed by atoms with Crippen LogP contribution in [0.15, 0.2) is 17.2 Å². The van der Waals surface area contributed by atoms with Gasteiger partial charge in [-0.05, 0) is 86.0 Å². The van der Waals surface area contributed by atoms with Crippen molar-refractivity contribution in [2.24, 2.45) is 35.5 Å². The minimum absolute atomic E-state index is 0.0488. The molecule has 7 nitrogen and oxygen atoms in total. The van der Waals surface area contributed by atoms with Crippen molar-refractivity contribution in [3.8, 4) is 0 Å². The minimum atomic E-state index is -0.680. The van der Waals surface area contributed by atoms with Gasteiger partial charge in [0.2, 0.25) is 0 Å². The second-order valence-electron chi connectivity index (χ2n) is 11.2. The van der Waals surface area contributed by atoms with Gasteiger partial charge >= 0.3 is 5.97 Å². The van der Waals surface area contributed by atoms with E-state index in [0.29, 0.717) is 23.3 Å². The van der Waals surface area contributed by atoms with E-state index < -0.39 is 11.6 Å². The van der Waals surface area contributed by atoms with Crippen LogP contribution in [0.25, 0.3) is 0 Å². The smallest absolute Gasteiger partial charge is 0.307 e. The number of aliphatic carboxylic acids is 1. The molecule has 0 spiro atoms. The average molecular weight is 472 g/mol. The lowest BCUT2D eigenvalue weighted by atomic mass is 9.52. The second kappa shape index (κ2) is 7.87. The molecular weight excluding hydrogens is 438 g/mol. The number of hydrogen-bond acceptors (Lipinski definition) is 6. The summed E-state index contributed by atoms with van der Waals surface area (Å²) in [7, 11) is 0. The van der Waals surface area contributed by atoms with E-state index in [2.05, 4.69) is 17.1 Å². The zero-order valence-corrected chi connectivity index (χ0v) is 19.9. The lowest BCUT2D eigenvalue weighted by Crippen LogP contribution is -2.61. The molecule has 0 radical (unpaired) electrons. The molecule has 3 unspecified atom stereocenters. The number of carboxylic acids is 1. The number of rotatable bonds is 7. The number of nitrogens with one attached hydrogen (secondary N) is 1. The lowest BCUT2D eigenvalue weighted by molar-refractivity contribution is -0.139. The molecular formula is C25H33N3O4S. The van der Waals surface area contributed by atoms with Crippen LogP contribution in [0.4, 0.5) is 5.82 Å². The van der Waals surface area contributed by atoms with Gasteiger partial charge in [-0.2, -0.15) is 0 Å². The lowest BCUT2D eigenvalue weighted by Gasteiger charge is -2.58. The van der Waals surface area contributed by atoms with E-state index in [4.69, 9.17) is 4.98 Å². The normalized spacial score (nSPS) is 40.1. The van der Waals surface area contributed by atoms with Crippen LogP contribution in [0, 0.1) is 35.5 Å². The van der Waals surface area contributed by atoms with Crippen molar-refractivity contribution >= 4 is 29.5 Å². The maximum atomic E-state index is 13.4. The van der Waals surface area contributed by atoms with Gasteiger partial charge in [-0.15, -0.1) is 11.8 Å². The third-order valence-electron chi connectivity index (χ3n) is 8.87. The number of carboxylic acid groups (broad SMARTS) is 1. The highest BCUT2D eigenvalue weighted by Gasteiger charge is 2.60. The Morgan fingerprint density at radius 3 is 2.48 bits per heavy atom. The highest BCUT2D eigenvalue weighted by Crippen LogP contribution is 2.56. The summed E-state index contributed by atoms with van der Waals surface area (Å²) < 4.78 is 0. The fraction of sp³-hybridized carbons (Fsp3) is 0.720. The third kappa shape index (κ3) is 3.73. The summed E-state index contributed by atoms with van der Waals surface area (Å²) in [6.45, 7) is 3.58. The number of amides is 1. The van der Waals surface area contributed by atoms with Gasteiger partial charge in [0.15, 0.2) is 0 Å². The van der Waals surface area contributed by atoms with Gasteiger partial charge in [-0.1, -0.05) is 6.92 Å². The first-order valence-corrected chi connectivity index (χ1v) is 13.5. The molecule has 8 heteroatoms. The van der Waals surface area contributed by atoms with Crippen molar-refractivity contribution in [3.05, 3.63) is 17.7 Å². The molecule has 3 N–H and O–H groups in total. The molecule has 7 rings (SSSR count).